The van der Waals surface area contributed by atoms with Crippen molar-refractivity contribution in [3.63, 3.8) is 0 Å². The van der Waals surface area contributed by atoms with Gasteiger partial charge in [0.2, 0.25) is 0 Å². The summed E-state index contributed by atoms with van der Waals surface area (Å²) in [6, 6.07) is 0. The van der Waals surface area contributed by atoms with Gasteiger partial charge in [0, 0.05) is 46.3 Å². The summed E-state index contributed by atoms with van der Waals surface area (Å²) in [6.45, 7) is 6.26. The fourth-order valence-corrected chi connectivity index (χ4v) is 6.88. The standard InChI is InChI=1S/C6H6N6O2.C6H12N3PS/c1-11-6(14)12-2-8-3(4(7)13)5(12)9-10-11;11-10(7-1-2-7,8-3-4-8)9-5-6-9/h2H,1H3,(H2,7,13);1-6H2. The summed E-state index contributed by atoms with van der Waals surface area (Å²) in [6.07, 6.45) is 1.19. The number of aryl methyl sites for hydroxylation is 1. The molecule has 134 valence electrons. The van der Waals surface area contributed by atoms with Gasteiger partial charge in [-0.25, -0.2) is 28.2 Å². The molecule has 2 aromatic heterocycles. The number of carbonyl (C=O) groups excluding carboxylic acids is 1. The molecule has 0 spiro atoms. The van der Waals surface area contributed by atoms with Crippen LogP contribution >= 0.6 is 6.49 Å². The van der Waals surface area contributed by atoms with Crippen LogP contribution in [-0.2, 0) is 18.9 Å². The fourth-order valence-electron chi connectivity index (χ4n) is 2.51. The highest BCUT2D eigenvalue weighted by atomic mass is 32.4. The average molecular weight is 383 g/mol. The number of primary amides is 1. The van der Waals surface area contributed by atoms with Crippen LogP contribution in [0.4, 0.5) is 0 Å². The molecule has 1 amide bonds. The van der Waals surface area contributed by atoms with Crippen molar-refractivity contribution >= 4 is 29.9 Å². The molecule has 0 bridgehead atoms. The molecule has 3 aliphatic rings. The lowest BCUT2D eigenvalue weighted by Crippen LogP contribution is -2.27. The number of aromatic nitrogens is 5. The molecule has 2 N–H and O–H groups in total. The Bertz CT molecular complexity index is 906. The van der Waals surface area contributed by atoms with Crippen molar-refractivity contribution in [1.29, 1.82) is 0 Å². The lowest BCUT2D eigenvalue weighted by molar-refractivity contribution is 0.0997. The second-order valence-electron chi connectivity index (χ2n) is 6.02. The first-order chi connectivity index (χ1) is 11.9. The van der Waals surface area contributed by atoms with Crippen molar-refractivity contribution in [2.24, 2.45) is 12.8 Å². The van der Waals surface area contributed by atoms with Gasteiger partial charge in [-0.05, 0) is 11.8 Å². The largest absolute Gasteiger partial charge is 0.364 e. The summed E-state index contributed by atoms with van der Waals surface area (Å²) in [4.78, 5) is 25.9. The number of fused-ring (bicyclic) bond motifs is 1. The predicted octanol–water partition coefficient (Wildman–Crippen LogP) is -1.92. The van der Waals surface area contributed by atoms with Gasteiger partial charge in [0.1, 0.15) is 12.8 Å². The molecule has 0 saturated carbocycles. The number of hydrogen-bond donors (Lipinski definition) is 1. The number of rotatable bonds is 4. The molecule has 5 rings (SSSR count). The fraction of sp³-hybridized carbons (Fsp3) is 0.583. The van der Waals surface area contributed by atoms with Crippen molar-refractivity contribution in [2.45, 2.75) is 0 Å². The zero-order valence-electron chi connectivity index (χ0n) is 13.6. The zero-order chi connectivity index (χ0) is 17.8. The molecule has 2 aromatic rings. The van der Waals surface area contributed by atoms with E-state index in [4.69, 9.17) is 17.5 Å². The van der Waals surface area contributed by atoms with E-state index in [9.17, 15) is 9.59 Å². The van der Waals surface area contributed by atoms with Gasteiger partial charge in [0.15, 0.2) is 11.3 Å². The maximum absolute atomic E-state index is 11.4. The maximum atomic E-state index is 11.4. The number of hydrogen-bond acceptors (Lipinski definition) is 6. The Labute approximate surface area is 148 Å². The van der Waals surface area contributed by atoms with Crippen molar-refractivity contribution in [2.75, 3.05) is 39.3 Å². The Morgan fingerprint density at radius 3 is 2.12 bits per heavy atom. The minimum absolute atomic E-state index is 0.0600. The third kappa shape index (κ3) is 3.00. The molecule has 3 saturated heterocycles. The highest BCUT2D eigenvalue weighted by molar-refractivity contribution is 8.11. The van der Waals surface area contributed by atoms with Gasteiger partial charge in [-0.2, -0.15) is 4.68 Å². The van der Waals surface area contributed by atoms with Crippen molar-refractivity contribution < 1.29 is 4.79 Å². The van der Waals surface area contributed by atoms with Gasteiger partial charge in [-0.3, -0.25) is 4.79 Å². The molecule has 3 aliphatic heterocycles. The predicted molar refractivity (Wildman–Crippen MR) is 93.5 cm³/mol. The number of nitrogens with zero attached hydrogens (tertiary/aromatic N) is 8. The van der Waals surface area contributed by atoms with E-state index in [2.05, 4.69) is 29.3 Å². The molecule has 25 heavy (non-hydrogen) atoms. The summed E-state index contributed by atoms with van der Waals surface area (Å²) < 4.78 is 9.60. The summed E-state index contributed by atoms with van der Waals surface area (Å²) in [5, 5.41) is 7.14. The van der Waals surface area contributed by atoms with Gasteiger partial charge >= 0.3 is 5.69 Å². The molecule has 11 nitrogen and oxygen atoms in total. The summed E-state index contributed by atoms with van der Waals surface area (Å²) >= 11 is 5.75. The second kappa shape index (κ2) is 5.92. The average Bonchev–Trinajstić information content (AvgIpc) is 3.45. The second-order valence-corrected chi connectivity index (χ2v) is 10.2. The van der Waals surface area contributed by atoms with Gasteiger partial charge < -0.3 is 5.73 Å². The SMILES string of the molecule is Cn1nnc2c(C(N)=O)ncn2c1=O.S=P(N1CC1)(N1CC1)N1CC1. The topological polar surface area (TPSA) is 117 Å². The minimum atomic E-state index is -1.27. The van der Waals surface area contributed by atoms with Crippen LogP contribution in [0.5, 0.6) is 0 Å². The van der Waals surface area contributed by atoms with E-state index in [1.54, 1.807) is 0 Å². The normalized spacial score (nSPS) is 20.2. The molecule has 0 aliphatic carbocycles. The molecular weight excluding hydrogens is 365 g/mol. The van der Waals surface area contributed by atoms with Crippen molar-refractivity contribution in [3.8, 4) is 0 Å². The lowest BCUT2D eigenvalue weighted by atomic mass is 10.4. The molecule has 0 atom stereocenters. The smallest absolute Gasteiger partial charge is 0.352 e. The lowest BCUT2D eigenvalue weighted by Gasteiger charge is -2.25. The monoisotopic (exact) mass is 383 g/mol. The van der Waals surface area contributed by atoms with E-state index in [1.165, 1.54) is 52.6 Å². The molecule has 0 radical (unpaired) electrons. The zero-order valence-corrected chi connectivity index (χ0v) is 15.4. The van der Waals surface area contributed by atoms with Crippen LogP contribution < -0.4 is 11.4 Å². The number of carbonyl (C=O) groups is 1. The number of nitrogens with two attached hydrogens (primary N) is 1. The van der Waals surface area contributed by atoms with Gasteiger partial charge in [0.05, 0.1) is 0 Å². The quantitative estimate of drug-likeness (QED) is 0.476. The minimum Gasteiger partial charge on any atom is -0.364 e. The van der Waals surface area contributed by atoms with E-state index < -0.39 is 18.1 Å². The third-order valence-electron chi connectivity index (χ3n) is 4.11. The Morgan fingerprint density at radius 2 is 1.68 bits per heavy atom. The van der Waals surface area contributed by atoms with Crippen LogP contribution in [0.25, 0.3) is 5.65 Å². The third-order valence-corrected chi connectivity index (χ3v) is 9.60. The Balaban J connectivity index is 0.000000128. The van der Waals surface area contributed by atoms with E-state index in [0.717, 1.165) is 9.08 Å². The number of imidazole rings is 1. The Kier molecular flexibility index (Phi) is 3.96. The highest BCUT2D eigenvalue weighted by Crippen LogP contribution is 2.65. The summed E-state index contributed by atoms with van der Waals surface area (Å²) in [5.41, 5.74) is 4.60. The molecule has 3 fully saturated rings. The van der Waals surface area contributed by atoms with Crippen LogP contribution in [0, 0.1) is 0 Å². The van der Waals surface area contributed by atoms with E-state index in [1.807, 2.05) is 0 Å². The highest BCUT2D eigenvalue weighted by Gasteiger charge is 2.50. The first-order valence-corrected chi connectivity index (χ1v) is 10.5. The summed E-state index contributed by atoms with van der Waals surface area (Å²) in [5.74, 6) is -0.741. The molecule has 0 unspecified atom stereocenters. The van der Waals surface area contributed by atoms with Crippen LogP contribution in [0.1, 0.15) is 10.5 Å². The van der Waals surface area contributed by atoms with Gasteiger partial charge in [-0.15, -0.1) is 5.10 Å². The van der Waals surface area contributed by atoms with E-state index >= 15 is 0 Å². The molecule has 5 heterocycles. The van der Waals surface area contributed by atoms with Crippen molar-refractivity contribution in [1.82, 2.24) is 38.4 Å². The Hall–Kier alpha value is -1.72. The van der Waals surface area contributed by atoms with Gasteiger partial charge in [0.25, 0.3) is 5.91 Å². The van der Waals surface area contributed by atoms with Crippen LogP contribution in [-0.4, -0.2) is 83.6 Å². The van der Waals surface area contributed by atoms with E-state index in [0.29, 0.717) is 0 Å². The van der Waals surface area contributed by atoms with Crippen LogP contribution in [0.3, 0.4) is 0 Å². The van der Waals surface area contributed by atoms with Crippen LogP contribution in [0.2, 0.25) is 0 Å². The molecule has 0 aromatic carbocycles. The van der Waals surface area contributed by atoms with Crippen molar-refractivity contribution in [3.05, 3.63) is 22.5 Å². The Morgan fingerprint density at radius 1 is 1.16 bits per heavy atom. The number of amides is 1. The summed E-state index contributed by atoms with van der Waals surface area (Å²) in [7, 11) is 1.44. The molecular formula is C12H18N9O2PS. The van der Waals surface area contributed by atoms with Gasteiger partial charge in [-0.1, -0.05) is 5.21 Å². The first-order valence-electron chi connectivity index (χ1n) is 7.86. The maximum Gasteiger partial charge on any atom is 0.352 e. The van der Waals surface area contributed by atoms with Crippen LogP contribution in [0.15, 0.2) is 11.1 Å². The molecule has 13 heteroatoms. The van der Waals surface area contributed by atoms with E-state index in [-0.39, 0.29) is 11.3 Å². The first kappa shape index (κ1) is 16.7.